The lowest BCUT2D eigenvalue weighted by molar-refractivity contribution is -0.144. The van der Waals surface area contributed by atoms with Gasteiger partial charge in [-0.3, -0.25) is 4.90 Å². The van der Waals surface area contributed by atoms with Crippen LogP contribution < -0.4 is 0 Å². The van der Waals surface area contributed by atoms with Gasteiger partial charge in [0.1, 0.15) is 6.04 Å². The van der Waals surface area contributed by atoms with Gasteiger partial charge in [-0.2, -0.15) is 0 Å². The second kappa shape index (κ2) is 3.64. The minimum absolute atomic E-state index is 0.289. The topological polar surface area (TPSA) is 77.8 Å². The average molecular weight is 187 g/mol. The Morgan fingerprint density at radius 1 is 1.38 bits per heavy atom. The Hall–Kier alpha value is -1.26. The van der Waals surface area contributed by atoms with E-state index in [1.54, 1.807) is 0 Å². The molecule has 1 aliphatic rings. The maximum atomic E-state index is 10.7. The number of carboxylic acids is 1. The predicted molar refractivity (Wildman–Crippen MR) is 44.6 cm³/mol. The van der Waals surface area contributed by atoms with E-state index < -0.39 is 18.1 Å². The molecule has 0 aliphatic carbocycles. The van der Waals surface area contributed by atoms with Gasteiger partial charge in [0.2, 0.25) is 0 Å². The van der Waals surface area contributed by atoms with Crippen LogP contribution in [0.25, 0.3) is 0 Å². The molecule has 74 valence electrons. The van der Waals surface area contributed by atoms with Crippen molar-refractivity contribution in [3.63, 3.8) is 0 Å². The molecule has 2 N–H and O–H groups in total. The molecule has 2 unspecified atom stereocenters. The zero-order chi connectivity index (χ0) is 10.0. The van der Waals surface area contributed by atoms with Gasteiger partial charge in [-0.15, -0.1) is 0 Å². The molecule has 2 atom stereocenters. The molecule has 1 heterocycles. The van der Waals surface area contributed by atoms with Crippen molar-refractivity contribution in [2.45, 2.75) is 25.8 Å². The molecule has 1 amide bonds. The number of likely N-dealkylation sites (tertiary alicyclic amines) is 1. The van der Waals surface area contributed by atoms with E-state index in [4.69, 9.17) is 10.2 Å². The van der Waals surface area contributed by atoms with Crippen LogP contribution in [0.15, 0.2) is 0 Å². The van der Waals surface area contributed by atoms with Crippen molar-refractivity contribution in [1.82, 2.24) is 4.90 Å². The maximum absolute atomic E-state index is 10.7. The Morgan fingerprint density at radius 2 is 2.00 bits per heavy atom. The van der Waals surface area contributed by atoms with Crippen LogP contribution in [0.3, 0.4) is 0 Å². The molecule has 0 spiro atoms. The summed E-state index contributed by atoms with van der Waals surface area (Å²) in [6, 6.07) is -0.860. The van der Waals surface area contributed by atoms with Crippen LogP contribution in [0.4, 0.5) is 4.79 Å². The molecule has 1 aliphatic heterocycles. The van der Waals surface area contributed by atoms with Crippen molar-refractivity contribution in [2.75, 3.05) is 6.54 Å². The number of amides is 1. The van der Waals surface area contributed by atoms with Gasteiger partial charge in [-0.05, 0) is 18.8 Å². The fraction of sp³-hybridized carbons (Fsp3) is 0.750. The largest absolute Gasteiger partial charge is 0.480 e. The second-order valence-electron chi connectivity index (χ2n) is 3.46. The van der Waals surface area contributed by atoms with Crippen molar-refractivity contribution in [1.29, 1.82) is 0 Å². The highest BCUT2D eigenvalue weighted by atomic mass is 16.4. The number of rotatable bonds is 1. The van der Waals surface area contributed by atoms with E-state index in [1.165, 1.54) is 0 Å². The maximum Gasteiger partial charge on any atom is 0.408 e. The fourth-order valence-corrected chi connectivity index (χ4v) is 1.60. The molecule has 0 aromatic carbocycles. The Morgan fingerprint density at radius 3 is 2.46 bits per heavy atom. The number of hydrogen-bond acceptors (Lipinski definition) is 2. The van der Waals surface area contributed by atoms with Gasteiger partial charge in [0.05, 0.1) is 0 Å². The van der Waals surface area contributed by atoms with Crippen molar-refractivity contribution in [2.24, 2.45) is 5.92 Å². The van der Waals surface area contributed by atoms with E-state index in [-0.39, 0.29) is 5.92 Å². The highest BCUT2D eigenvalue weighted by molar-refractivity contribution is 5.79. The third kappa shape index (κ3) is 2.11. The molecule has 0 aromatic heterocycles. The third-order valence-electron chi connectivity index (χ3n) is 2.40. The Kier molecular flexibility index (Phi) is 2.75. The summed E-state index contributed by atoms with van der Waals surface area (Å²) in [4.78, 5) is 22.4. The number of piperidine rings is 1. The van der Waals surface area contributed by atoms with E-state index in [0.717, 1.165) is 11.3 Å². The first kappa shape index (κ1) is 9.83. The minimum Gasteiger partial charge on any atom is -0.480 e. The molecule has 0 bridgehead atoms. The summed E-state index contributed by atoms with van der Waals surface area (Å²) in [7, 11) is 0. The van der Waals surface area contributed by atoms with E-state index >= 15 is 0 Å². The SMILES string of the molecule is CC1CCN(C(=O)O)C(C(=O)O)C1. The Bertz CT molecular complexity index is 228. The Balaban J connectivity index is 2.72. The van der Waals surface area contributed by atoms with E-state index in [9.17, 15) is 9.59 Å². The molecule has 1 fully saturated rings. The summed E-state index contributed by atoms with van der Waals surface area (Å²) in [6.07, 6.45) is 0.0249. The number of aliphatic carboxylic acids is 1. The van der Waals surface area contributed by atoms with Crippen LogP contribution in [0, 0.1) is 5.92 Å². The van der Waals surface area contributed by atoms with Gasteiger partial charge in [0.25, 0.3) is 0 Å². The highest BCUT2D eigenvalue weighted by Gasteiger charge is 2.34. The molecule has 1 rings (SSSR count). The van der Waals surface area contributed by atoms with Crippen LogP contribution in [-0.2, 0) is 4.79 Å². The molecular weight excluding hydrogens is 174 g/mol. The summed E-state index contributed by atoms with van der Waals surface area (Å²) < 4.78 is 0. The quantitative estimate of drug-likeness (QED) is 0.637. The molecule has 0 radical (unpaired) electrons. The molecule has 5 heteroatoms. The summed E-state index contributed by atoms with van der Waals surface area (Å²) in [5.74, 6) is -0.759. The molecule has 0 saturated carbocycles. The second-order valence-corrected chi connectivity index (χ2v) is 3.46. The lowest BCUT2D eigenvalue weighted by Gasteiger charge is -2.33. The summed E-state index contributed by atoms with van der Waals surface area (Å²) in [5.41, 5.74) is 0. The smallest absolute Gasteiger partial charge is 0.408 e. The Labute approximate surface area is 76.0 Å². The van der Waals surface area contributed by atoms with Gasteiger partial charge in [0, 0.05) is 6.54 Å². The van der Waals surface area contributed by atoms with Gasteiger partial charge in [-0.25, -0.2) is 9.59 Å². The zero-order valence-electron chi connectivity index (χ0n) is 7.43. The number of hydrogen-bond donors (Lipinski definition) is 2. The van der Waals surface area contributed by atoms with Crippen molar-refractivity contribution in [3.8, 4) is 0 Å². The van der Waals surface area contributed by atoms with Crippen molar-refractivity contribution >= 4 is 12.1 Å². The lowest BCUT2D eigenvalue weighted by atomic mass is 9.93. The first-order chi connectivity index (χ1) is 6.02. The van der Waals surface area contributed by atoms with Crippen molar-refractivity contribution in [3.05, 3.63) is 0 Å². The summed E-state index contributed by atoms with van der Waals surface area (Å²) in [6.45, 7) is 2.27. The van der Waals surface area contributed by atoms with Crippen LogP contribution in [-0.4, -0.2) is 39.8 Å². The predicted octanol–water partition coefficient (Wildman–Crippen LogP) is 0.850. The first-order valence-electron chi connectivity index (χ1n) is 4.24. The van der Waals surface area contributed by atoms with Crippen LogP contribution >= 0.6 is 0 Å². The van der Waals surface area contributed by atoms with Gasteiger partial charge in [-0.1, -0.05) is 6.92 Å². The molecule has 1 saturated heterocycles. The number of nitrogens with zero attached hydrogens (tertiary/aromatic N) is 1. The normalized spacial score (nSPS) is 28.5. The number of carbonyl (C=O) groups is 2. The van der Waals surface area contributed by atoms with Crippen LogP contribution in [0.5, 0.6) is 0 Å². The molecule has 13 heavy (non-hydrogen) atoms. The highest BCUT2D eigenvalue weighted by Crippen LogP contribution is 2.22. The lowest BCUT2D eigenvalue weighted by Crippen LogP contribution is -2.49. The minimum atomic E-state index is -1.14. The van der Waals surface area contributed by atoms with Gasteiger partial charge < -0.3 is 10.2 Å². The molecular formula is C8H13NO4. The van der Waals surface area contributed by atoms with Crippen molar-refractivity contribution < 1.29 is 19.8 Å². The number of carboxylic acid groups (broad SMARTS) is 2. The molecule has 5 nitrogen and oxygen atoms in total. The van der Waals surface area contributed by atoms with E-state index in [2.05, 4.69) is 0 Å². The third-order valence-corrected chi connectivity index (χ3v) is 2.40. The summed E-state index contributed by atoms with van der Waals surface area (Å²) >= 11 is 0. The zero-order valence-corrected chi connectivity index (χ0v) is 7.43. The average Bonchev–Trinajstić information content (AvgIpc) is 2.03. The monoisotopic (exact) mass is 187 g/mol. The standard InChI is InChI=1S/C8H13NO4/c1-5-2-3-9(8(12)13)6(4-5)7(10)11/h5-6H,2-4H2,1H3,(H,10,11)(H,12,13). The van der Waals surface area contributed by atoms with E-state index in [1.807, 2.05) is 6.92 Å². The van der Waals surface area contributed by atoms with Gasteiger partial charge >= 0.3 is 12.1 Å². The van der Waals surface area contributed by atoms with E-state index in [0.29, 0.717) is 13.0 Å². The fourth-order valence-electron chi connectivity index (χ4n) is 1.60. The summed E-state index contributed by atoms with van der Waals surface area (Å²) in [5, 5.41) is 17.5. The molecule has 0 aromatic rings. The van der Waals surface area contributed by atoms with Crippen LogP contribution in [0.2, 0.25) is 0 Å². The first-order valence-corrected chi connectivity index (χ1v) is 4.24. The van der Waals surface area contributed by atoms with Crippen LogP contribution in [0.1, 0.15) is 19.8 Å². The van der Waals surface area contributed by atoms with Gasteiger partial charge in [0.15, 0.2) is 0 Å².